The highest BCUT2D eigenvalue weighted by Crippen LogP contribution is 2.18. The molecular formula is C13H18N2O2S. The molecule has 0 bridgehead atoms. The molecule has 18 heavy (non-hydrogen) atoms. The fourth-order valence-electron chi connectivity index (χ4n) is 1.36. The molecule has 0 fully saturated rings. The number of amides is 2. The summed E-state index contributed by atoms with van der Waals surface area (Å²) in [5.74, 6) is 0.323. The highest BCUT2D eigenvalue weighted by atomic mass is 32.2. The van der Waals surface area contributed by atoms with E-state index >= 15 is 0 Å². The van der Waals surface area contributed by atoms with Gasteiger partial charge in [0.2, 0.25) is 5.91 Å². The van der Waals surface area contributed by atoms with Crippen LogP contribution in [0.5, 0.6) is 0 Å². The first-order valence-electron chi connectivity index (χ1n) is 5.63. The molecule has 98 valence electrons. The molecule has 1 rings (SSSR count). The van der Waals surface area contributed by atoms with Crippen LogP contribution in [-0.4, -0.2) is 36.1 Å². The number of benzene rings is 1. The lowest BCUT2D eigenvalue weighted by atomic mass is 10.1. The van der Waals surface area contributed by atoms with Crippen molar-refractivity contribution in [3.8, 4) is 0 Å². The number of hydrogen-bond donors (Lipinski definition) is 1. The van der Waals surface area contributed by atoms with E-state index in [-0.39, 0.29) is 17.1 Å². The fraction of sp³-hybridized carbons (Fsp3) is 0.385. The van der Waals surface area contributed by atoms with Gasteiger partial charge in [0.1, 0.15) is 0 Å². The van der Waals surface area contributed by atoms with Crippen LogP contribution in [0.4, 0.5) is 0 Å². The van der Waals surface area contributed by atoms with Gasteiger partial charge in [0.15, 0.2) is 0 Å². The summed E-state index contributed by atoms with van der Waals surface area (Å²) in [6.45, 7) is 1.78. The quantitative estimate of drug-likeness (QED) is 0.878. The highest BCUT2D eigenvalue weighted by molar-refractivity contribution is 7.99. The standard InChI is InChI=1S/C13H18N2O2S/c1-9(12(14)16)18-8-10-5-4-6-11(7-10)13(17)15(2)3/h4-7,9H,8H2,1-3H3,(H2,14,16)/t9-/m1/s1. The van der Waals surface area contributed by atoms with Gasteiger partial charge in [0.05, 0.1) is 5.25 Å². The summed E-state index contributed by atoms with van der Waals surface area (Å²) in [6, 6.07) is 7.42. The molecule has 0 saturated carbocycles. The maximum atomic E-state index is 11.8. The molecule has 0 heterocycles. The van der Waals surface area contributed by atoms with Gasteiger partial charge in [0, 0.05) is 25.4 Å². The topological polar surface area (TPSA) is 63.4 Å². The summed E-state index contributed by atoms with van der Waals surface area (Å²) in [4.78, 5) is 24.3. The van der Waals surface area contributed by atoms with Crippen LogP contribution in [0.3, 0.4) is 0 Å². The molecular weight excluding hydrogens is 248 g/mol. The summed E-state index contributed by atoms with van der Waals surface area (Å²) < 4.78 is 0. The maximum absolute atomic E-state index is 11.8. The van der Waals surface area contributed by atoms with Crippen LogP contribution in [0.2, 0.25) is 0 Å². The Balaban J connectivity index is 2.71. The first kappa shape index (κ1) is 14.6. The maximum Gasteiger partial charge on any atom is 0.253 e. The third-order valence-corrected chi connectivity index (χ3v) is 3.71. The minimum absolute atomic E-state index is 0.0233. The fourth-order valence-corrected chi connectivity index (χ4v) is 2.14. The van der Waals surface area contributed by atoms with Crippen LogP contribution in [0, 0.1) is 0 Å². The predicted octanol–water partition coefficient (Wildman–Crippen LogP) is 1.50. The van der Waals surface area contributed by atoms with Gasteiger partial charge in [-0.1, -0.05) is 12.1 Å². The Hall–Kier alpha value is -1.49. The number of carbonyl (C=O) groups excluding carboxylic acids is 2. The molecule has 0 saturated heterocycles. The van der Waals surface area contributed by atoms with Crippen LogP contribution in [-0.2, 0) is 10.5 Å². The third kappa shape index (κ3) is 4.07. The number of nitrogens with zero attached hydrogens (tertiary/aromatic N) is 1. The largest absolute Gasteiger partial charge is 0.369 e. The van der Waals surface area contributed by atoms with Gasteiger partial charge in [-0.15, -0.1) is 11.8 Å². The van der Waals surface area contributed by atoms with E-state index in [2.05, 4.69) is 0 Å². The molecule has 0 unspecified atom stereocenters. The Labute approximate surface area is 112 Å². The minimum Gasteiger partial charge on any atom is -0.369 e. The molecule has 0 spiro atoms. The van der Waals surface area contributed by atoms with E-state index in [1.165, 1.54) is 16.7 Å². The predicted molar refractivity (Wildman–Crippen MR) is 74.4 cm³/mol. The van der Waals surface area contributed by atoms with Crippen LogP contribution in [0.1, 0.15) is 22.8 Å². The monoisotopic (exact) mass is 266 g/mol. The van der Waals surface area contributed by atoms with Crippen molar-refractivity contribution < 1.29 is 9.59 Å². The molecule has 2 amide bonds. The van der Waals surface area contributed by atoms with Gasteiger partial charge in [-0.05, 0) is 24.6 Å². The number of primary amides is 1. The Bertz CT molecular complexity index is 446. The highest BCUT2D eigenvalue weighted by Gasteiger charge is 2.11. The van der Waals surface area contributed by atoms with Gasteiger partial charge in [-0.3, -0.25) is 9.59 Å². The van der Waals surface area contributed by atoms with Crippen molar-refractivity contribution in [3.05, 3.63) is 35.4 Å². The summed E-state index contributed by atoms with van der Waals surface area (Å²) in [5, 5.41) is -0.224. The van der Waals surface area contributed by atoms with Crippen LogP contribution < -0.4 is 5.73 Å². The minimum atomic E-state index is -0.319. The van der Waals surface area contributed by atoms with Crippen molar-refractivity contribution in [1.29, 1.82) is 0 Å². The van der Waals surface area contributed by atoms with Gasteiger partial charge in [0.25, 0.3) is 5.91 Å². The molecule has 1 aromatic carbocycles. The average Bonchev–Trinajstić information content (AvgIpc) is 2.35. The molecule has 4 nitrogen and oxygen atoms in total. The molecule has 0 aliphatic heterocycles. The van der Waals surface area contributed by atoms with Crippen molar-refractivity contribution in [3.63, 3.8) is 0 Å². The number of nitrogens with two attached hydrogens (primary N) is 1. The molecule has 0 radical (unpaired) electrons. The second kappa shape index (κ2) is 6.44. The SMILES string of the molecule is C[C@@H](SCc1cccc(C(=O)N(C)C)c1)C(N)=O. The lowest BCUT2D eigenvalue weighted by Gasteiger charge is -2.11. The Morgan fingerprint density at radius 3 is 2.61 bits per heavy atom. The smallest absolute Gasteiger partial charge is 0.253 e. The van der Waals surface area contributed by atoms with E-state index in [1.807, 2.05) is 18.2 Å². The third-order valence-electron chi connectivity index (χ3n) is 2.48. The first-order valence-corrected chi connectivity index (χ1v) is 6.68. The molecule has 0 aliphatic rings. The lowest BCUT2D eigenvalue weighted by Crippen LogP contribution is -2.23. The van der Waals surface area contributed by atoms with E-state index in [0.29, 0.717) is 11.3 Å². The summed E-state index contributed by atoms with van der Waals surface area (Å²) >= 11 is 1.47. The number of carbonyl (C=O) groups is 2. The van der Waals surface area contributed by atoms with E-state index in [1.54, 1.807) is 27.1 Å². The Morgan fingerprint density at radius 1 is 1.39 bits per heavy atom. The van der Waals surface area contributed by atoms with Crippen molar-refractivity contribution >= 4 is 23.6 Å². The summed E-state index contributed by atoms with van der Waals surface area (Å²) in [5.41, 5.74) is 6.87. The zero-order valence-corrected chi connectivity index (χ0v) is 11.7. The molecule has 0 aromatic heterocycles. The zero-order valence-electron chi connectivity index (χ0n) is 10.8. The van der Waals surface area contributed by atoms with Crippen LogP contribution in [0.25, 0.3) is 0 Å². The van der Waals surface area contributed by atoms with Crippen molar-refractivity contribution in [2.75, 3.05) is 14.1 Å². The van der Waals surface area contributed by atoms with Crippen molar-refractivity contribution in [2.24, 2.45) is 5.73 Å². The number of thioether (sulfide) groups is 1. The van der Waals surface area contributed by atoms with Gasteiger partial charge >= 0.3 is 0 Å². The lowest BCUT2D eigenvalue weighted by molar-refractivity contribution is -0.117. The van der Waals surface area contributed by atoms with Crippen LogP contribution in [0.15, 0.2) is 24.3 Å². The number of rotatable bonds is 5. The van der Waals surface area contributed by atoms with E-state index in [9.17, 15) is 9.59 Å². The average molecular weight is 266 g/mol. The second-order valence-electron chi connectivity index (χ2n) is 4.26. The van der Waals surface area contributed by atoms with Gasteiger partial charge in [-0.25, -0.2) is 0 Å². The van der Waals surface area contributed by atoms with Crippen LogP contribution >= 0.6 is 11.8 Å². The molecule has 2 N–H and O–H groups in total. The molecule has 5 heteroatoms. The number of hydrogen-bond acceptors (Lipinski definition) is 3. The molecule has 1 aromatic rings. The summed E-state index contributed by atoms with van der Waals surface area (Å²) in [7, 11) is 3.44. The molecule has 1 atom stereocenters. The van der Waals surface area contributed by atoms with E-state index in [4.69, 9.17) is 5.73 Å². The zero-order chi connectivity index (χ0) is 13.7. The summed E-state index contributed by atoms with van der Waals surface area (Å²) in [6.07, 6.45) is 0. The van der Waals surface area contributed by atoms with Gasteiger partial charge < -0.3 is 10.6 Å². The first-order chi connectivity index (χ1) is 8.41. The normalized spacial score (nSPS) is 11.9. The Morgan fingerprint density at radius 2 is 2.06 bits per heavy atom. The van der Waals surface area contributed by atoms with Gasteiger partial charge in [-0.2, -0.15) is 0 Å². The van der Waals surface area contributed by atoms with E-state index in [0.717, 1.165) is 5.56 Å². The van der Waals surface area contributed by atoms with E-state index < -0.39 is 0 Å². The molecule has 0 aliphatic carbocycles. The van der Waals surface area contributed by atoms with Crippen molar-refractivity contribution in [1.82, 2.24) is 4.90 Å². The Kier molecular flexibility index (Phi) is 5.22. The second-order valence-corrected chi connectivity index (χ2v) is 5.58. The van der Waals surface area contributed by atoms with Crippen molar-refractivity contribution in [2.45, 2.75) is 17.9 Å².